The highest BCUT2D eigenvalue weighted by atomic mass is 32.2. The van der Waals surface area contributed by atoms with Gasteiger partial charge in [0.2, 0.25) is 0 Å². The lowest BCUT2D eigenvalue weighted by Crippen LogP contribution is -2.21. The lowest BCUT2D eigenvalue weighted by atomic mass is 10.1. The molecule has 0 bridgehead atoms. The number of nitrogens with two attached hydrogens (primary N) is 1. The number of thioether (sulfide) groups is 1. The smallest absolute Gasteiger partial charge is 0.325 e. The zero-order chi connectivity index (χ0) is 10.7. The molecule has 0 saturated carbocycles. The van der Waals surface area contributed by atoms with Crippen molar-refractivity contribution < 1.29 is 14.3 Å². The second-order valence-corrected chi connectivity index (χ2v) is 3.49. The first-order valence-corrected chi connectivity index (χ1v) is 5.11. The Bertz CT molecular complexity index is 357. The second-order valence-electron chi connectivity index (χ2n) is 2.68. The molecule has 0 aromatic heterocycles. The minimum absolute atomic E-state index is 0.294. The van der Waals surface area contributed by atoms with Crippen molar-refractivity contribution in [3.63, 3.8) is 0 Å². The molecule has 0 aliphatic rings. The van der Waals surface area contributed by atoms with Crippen LogP contribution in [0.1, 0.15) is 11.6 Å². The van der Waals surface area contributed by atoms with Gasteiger partial charge in [0, 0.05) is 4.90 Å². The predicted molar refractivity (Wildman–Crippen MR) is 52.7 cm³/mol. The highest BCUT2D eigenvalue weighted by Gasteiger charge is 2.19. The van der Waals surface area contributed by atoms with Crippen molar-refractivity contribution in [2.24, 2.45) is 5.73 Å². The fourth-order valence-corrected chi connectivity index (χ4v) is 1.81. The van der Waals surface area contributed by atoms with Crippen molar-refractivity contribution in [3.8, 4) is 0 Å². The standard InChI is InChI=1S/C9H10FNO2S/c1-14-8-5(7(11)9(12)13)3-2-4-6(8)10/h2-4,7H,11H2,1H3,(H,12,13). The fourth-order valence-electron chi connectivity index (χ4n) is 1.12. The number of hydrogen-bond donors (Lipinski definition) is 2. The van der Waals surface area contributed by atoms with Crippen LogP contribution < -0.4 is 5.73 Å². The zero-order valence-electron chi connectivity index (χ0n) is 7.53. The summed E-state index contributed by atoms with van der Waals surface area (Å²) in [6.07, 6.45) is 1.68. The van der Waals surface area contributed by atoms with Crippen LogP contribution in [0.5, 0.6) is 0 Å². The van der Waals surface area contributed by atoms with Gasteiger partial charge < -0.3 is 10.8 Å². The van der Waals surface area contributed by atoms with Gasteiger partial charge in [-0.15, -0.1) is 11.8 Å². The van der Waals surface area contributed by atoms with Crippen LogP contribution in [0.2, 0.25) is 0 Å². The summed E-state index contributed by atoms with van der Waals surface area (Å²) in [5.41, 5.74) is 5.71. The molecule has 0 saturated heterocycles. The minimum atomic E-state index is -1.17. The zero-order valence-corrected chi connectivity index (χ0v) is 8.34. The third-order valence-corrected chi connectivity index (χ3v) is 2.64. The first-order valence-electron chi connectivity index (χ1n) is 3.88. The van der Waals surface area contributed by atoms with Gasteiger partial charge in [-0.05, 0) is 17.9 Å². The Balaban J connectivity index is 3.20. The van der Waals surface area contributed by atoms with Crippen LogP contribution in [0.25, 0.3) is 0 Å². The molecule has 1 atom stereocenters. The summed E-state index contributed by atoms with van der Waals surface area (Å²) >= 11 is 1.15. The molecule has 3 nitrogen and oxygen atoms in total. The summed E-state index contributed by atoms with van der Waals surface area (Å²) in [6, 6.07) is 3.08. The molecule has 0 aliphatic carbocycles. The maximum absolute atomic E-state index is 13.2. The van der Waals surface area contributed by atoms with Gasteiger partial charge >= 0.3 is 5.97 Å². The van der Waals surface area contributed by atoms with Crippen molar-refractivity contribution in [2.75, 3.05) is 6.26 Å². The lowest BCUT2D eigenvalue weighted by molar-refractivity contribution is -0.138. The summed E-state index contributed by atoms with van der Waals surface area (Å²) in [5.74, 6) is -1.60. The lowest BCUT2D eigenvalue weighted by Gasteiger charge is -2.11. The van der Waals surface area contributed by atoms with Crippen molar-refractivity contribution in [3.05, 3.63) is 29.6 Å². The van der Waals surface area contributed by atoms with E-state index in [2.05, 4.69) is 0 Å². The molecule has 1 rings (SSSR count). The molecule has 0 heterocycles. The SMILES string of the molecule is CSc1c(F)cccc1C(N)C(=O)O. The third kappa shape index (κ3) is 2.05. The second kappa shape index (κ2) is 4.43. The number of halogens is 1. The minimum Gasteiger partial charge on any atom is -0.480 e. The number of aliphatic carboxylic acids is 1. The Morgan fingerprint density at radius 2 is 2.29 bits per heavy atom. The van der Waals surface area contributed by atoms with Crippen LogP contribution in [0.15, 0.2) is 23.1 Å². The quantitative estimate of drug-likeness (QED) is 0.752. The first kappa shape index (κ1) is 11.0. The first-order chi connectivity index (χ1) is 6.57. The number of carboxylic acids is 1. The van der Waals surface area contributed by atoms with Crippen LogP contribution in [0, 0.1) is 5.82 Å². The van der Waals surface area contributed by atoms with Gasteiger partial charge in [-0.1, -0.05) is 12.1 Å². The number of carboxylic acid groups (broad SMARTS) is 1. The Hall–Kier alpha value is -1.07. The molecule has 0 amide bonds. The molecular weight excluding hydrogens is 205 g/mol. The van der Waals surface area contributed by atoms with E-state index >= 15 is 0 Å². The van der Waals surface area contributed by atoms with Crippen LogP contribution in [-0.4, -0.2) is 17.3 Å². The maximum atomic E-state index is 13.2. The van der Waals surface area contributed by atoms with E-state index in [-0.39, 0.29) is 0 Å². The van der Waals surface area contributed by atoms with E-state index in [1.807, 2.05) is 0 Å². The van der Waals surface area contributed by atoms with Gasteiger partial charge in [0.1, 0.15) is 11.9 Å². The third-order valence-electron chi connectivity index (χ3n) is 1.80. The summed E-state index contributed by atoms with van der Waals surface area (Å²) < 4.78 is 13.2. The average molecular weight is 215 g/mol. The van der Waals surface area contributed by atoms with E-state index in [4.69, 9.17) is 10.8 Å². The van der Waals surface area contributed by atoms with Gasteiger partial charge in [-0.25, -0.2) is 4.39 Å². The molecule has 0 spiro atoms. The predicted octanol–water partition coefficient (Wildman–Crippen LogP) is 1.63. The molecule has 76 valence electrons. The highest BCUT2D eigenvalue weighted by molar-refractivity contribution is 7.98. The Morgan fingerprint density at radius 1 is 1.64 bits per heavy atom. The van der Waals surface area contributed by atoms with Crippen LogP contribution in [-0.2, 0) is 4.79 Å². The van der Waals surface area contributed by atoms with Crippen LogP contribution >= 0.6 is 11.8 Å². The summed E-state index contributed by atoms with van der Waals surface area (Å²) in [6.45, 7) is 0. The summed E-state index contributed by atoms with van der Waals surface area (Å²) in [5, 5.41) is 8.69. The van der Waals surface area contributed by atoms with E-state index in [1.54, 1.807) is 6.26 Å². The van der Waals surface area contributed by atoms with Crippen molar-refractivity contribution in [1.29, 1.82) is 0 Å². The summed E-state index contributed by atoms with van der Waals surface area (Å²) in [4.78, 5) is 10.9. The van der Waals surface area contributed by atoms with Crippen molar-refractivity contribution in [1.82, 2.24) is 0 Å². The number of rotatable bonds is 3. The van der Waals surface area contributed by atoms with Gasteiger partial charge in [-0.2, -0.15) is 0 Å². The number of carbonyl (C=O) groups is 1. The molecule has 1 aromatic carbocycles. The van der Waals surface area contributed by atoms with E-state index in [1.165, 1.54) is 18.2 Å². The van der Waals surface area contributed by atoms with Gasteiger partial charge in [0.15, 0.2) is 0 Å². The molecule has 0 aliphatic heterocycles. The van der Waals surface area contributed by atoms with Crippen LogP contribution in [0.4, 0.5) is 4.39 Å². The normalized spacial score (nSPS) is 12.5. The summed E-state index contributed by atoms with van der Waals surface area (Å²) in [7, 11) is 0. The van der Waals surface area contributed by atoms with Gasteiger partial charge in [-0.3, -0.25) is 4.79 Å². The average Bonchev–Trinajstić information content (AvgIpc) is 2.16. The number of benzene rings is 1. The monoisotopic (exact) mass is 215 g/mol. The van der Waals surface area contributed by atoms with Crippen molar-refractivity contribution in [2.45, 2.75) is 10.9 Å². The molecule has 1 aromatic rings. The Labute approximate surface area is 85.1 Å². The molecule has 3 N–H and O–H groups in total. The van der Waals surface area contributed by atoms with Crippen LogP contribution in [0.3, 0.4) is 0 Å². The van der Waals surface area contributed by atoms with Gasteiger partial charge in [0.05, 0.1) is 0 Å². The van der Waals surface area contributed by atoms with Crippen molar-refractivity contribution >= 4 is 17.7 Å². The Kier molecular flexibility index (Phi) is 3.49. The molecule has 1 unspecified atom stereocenters. The Morgan fingerprint density at radius 3 is 2.79 bits per heavy atom. The molecule has 5 heteroatoms. The molecule has 0 fully saturated rings. The van der Waals surface area contributed by atoms with E-state index in [9.17, 15) is 9.18 Å². The fraction of sp³-hybridized carbons (Fsp3) is 0.222. The highest BCUT2D eigenvalue weighted by Crippen LogP contribution is 2.27. The largest absolute Gasteiger partial charge is 0.480 e. The molecule has 14 heavy (non-hydrogen) atoms. The van der Waals surface area contributed by atoms with Gasteiger partial charge in [0.25, 0.3) is 0 Å². The maximum Gasteiger partial charge on any atom is 0.325 e. The van der Waals surface area contributed by atoms with E-state index in [0.717, 1.165) is 11.8 Å². The molecular formula is C9H10FNO2S. The number of hydrogen-bond acceptors (Lipinski definition) is 3. The van der Waals surface area contributed by atoms with E-state index in [0.29, 0.717) is 10.5 Å². The topological polar surface area (TPSA) is 63.3 Å². The van der Waals surface area contributed by atoms with E-state index < -0.39 is 17.8 Å². The molecule has 0 radical (unpaired) electrons.